The number of thioether (sulfide) groups is 1. The van der Waals surface area contributed by atoms with Gasteiger partial charge >= 0.3 is 0 Å². The number of aryl methyl sites for hydroxylation is 1. The molecule has 4 bridgehead atoms. The summed E-state index contributed by atoms with van der Waals surface area (Å²) in [7, 11) is -3.30. The maximum Gasteiger partial charge on any atom is 0.190 e. The summed E-state index contributed by atoms with van der Waals surface area (Å²) in [5, 5.41) is 0. The summed E-state index contributed by atoms with van der Waals surface area (Å²) in [5.41, 5.74) is 1.37. The maximum absolute atomic E-state index is 13.4. The van der Waals surface area contributed by atoms with Crippen LogP contribution in [-0.2, 0) is 9.84 Å². The highest BCUT2D eigenvalue weighted by Crippen LogP contribution is 2.64. The largest absolute Gasteiger partial charge is 0.223 e. The third-order valence-electron chi connectivity index (χ3n) is 7.35. The monoisotopic (exact) mass is 378 g/mol. The Labute approximate surface area is 157 Å². The Morgan fingerprint density at radius 3 is 1.92 bits per heavy atom. The zero-order valence-electron chi connectivity index (χ0n) is 15.6. The minimum Gasteiger partial charge on any atom is -0.223 e. The molecule has 0 saturated heterocycles. The molecule has 1 aromatic rings. The Bertz CT molecular complexity index is 700. The van der Waals surface area contributed by atoms with E-state index in [-0.39, 0.29) is 15.9 Å². The van der Waals surface area contributed by atoms with Gasteiger partial charge in [-0.25, -0.2) is 8.42 Å². The van der Waals surface area contributed by atoms with Crippen molar-refractivity contribution in [1.29, 1.82) is 0 Å². The third-order valence-corrected chi connectivity index (χ3v) is 11.5. The van der Waals surface area contributed by atoms with Gasteiger partial charge in [0.1, 0.15) is 4.58 Å². The van der Waals surface area contributed by atoms with Crippen LogP contribution in [0.25, 0.3) is 0 Å². The van der Waals surface area contributed by atoms with E-state index in [2.05, 4.69) is 6.92 Å². The molecule has 138 valence electrons. The predicted molar refractivity (Wildman–Crippen MR) is 105 cm³/mol. The van der Waals surface area contributed by atoms with E-state index in [1.54, 1.807) is 23.9 Å². The standard InChI is InChI=1S/C21H30O2S2/c1-14-4-6-19(7-5-14)25(22,23)20(24-3)15(2)21-11-16-8-17(12-21)10-18(9-16)13-21/h4-7,15-18,20H,8-13H2,1-3H3/t15-,16?,17?,18?,20+,21?/m0/s1. The van der Waals surface area contributed by atoms with Gasteiger partial charge in [-0.3, -0.25) is 0 Å². The minimum atomic E-state index is -3.30. The normalized spacial score (nSPS) is 36.4. The van der Waals surface area contributed by atoms with E-state index in [1.807, 2.05) is 25.3 Å². The summed E-state index contributed by atoms with van der Waals surface area (Å²) in [6.07, 6.45) is 9.98. The van der Waals surface area contributed by atoms with Crippen LogP contribution in [0.1, 0.15) is 51.0 Å². The molecule has 0 radical (unpaired) electrons. The van der Waals surface area contributed by atoms with Crippen molar-refractivity contribution >= 4 is 21.6 Å². The van der Waals surface area contributed by atoms with Crippen molar-refractivity contribution in [1.82, 2.24) is 0 Å². The summed E-state index contributed by atoms with van der Waals surface area (Å²) < 4.78 is 26.4. The van der Waals surface area contributed by atoms with Crippen LogP contribution in [0, 0.1) is 36.0 Å². The Morgan fingerprint density at radius 2 is 1.48 bits per heavy atom. The molecule has 4 saturated carbocycles. The predicted octanol–water partition coefficient (Wildman–Crippen LogP) is 5.31. The lowest BCUT2D eigenvalue weighted by atomic mass is 9.47. The second kappa shape index (κ2) is 6.30. The molecule has 0 aliphatic heterocycles. The van der Waals surface area contributed by atoms with Gasteiger partial charge < -0.3 is 0 Å². The van der Waals surface area contributed by atoms with Crippen LogP contribution < -0.4 is 0 Å². The van der Waals surface area contributed by atoms with Crippen molar-refractivity contribution < 1.29 is 8.42 Å². The van der Waals surface area contributed by atoms with E-state index in [4.69, 9.17) is 0 Å². The molecule has 4 heteroatoms. The molecule has 25 heavy (non-hydrogen) atoms. The molecule has 1 aromatic carbocycles. The van der Waals surface area contributed by atoms with Gasteiger partial charge in [0.25, 0.3) is 0 Å². The van der Waals surface area contributed by atoms with E-state index in [1.165, 1.54) is 38.5 Å². The van der Waals surface area contributed by atoms with Crippen molar-refractivity contribution in [3.63, 3.8) is 0 Å². The van der Waals surface area contributed by atoms with Gasteiger partial charge in [0.15, 0.2) is 9.84 Å². The van der Waals surface area contributed by atoms with Gasteiger partial charge in [-0.2, -0.15) is 0 Å². The van der Waals surface area contributed by atoms with Gasteiger partial charge in [0.2, 0.25) is 0 Å². The summed E-state index contributed by atoms with van der Waals surface area (Å²) in [6.45, 7) is 4.24. The first-order valence-electron chi connectivity index (χ1n) is 9.67. The van der Waals surface area contributed by atoms with Gasteiger partial charge in [0.05, 0.1) is 4.90 Å². The lowest BCUT2D eigenvalue weighted by Crippen LogP contribution is -2.51. The van der Waals surface area contributed by atoms with Crippen LogP contribution in [0.2, 0.25) is 0 Å². The topological polar surface area (TPSA) is 34.1 Å². The highest BCUT2D eigenvalue weighted by atomic mass is 32.3. The van der Waals surface area contributed by atoms with Crippen LogP contribution in [0.3, 0.4) is 0 Å². The van der Waals surface area contributed by atoms with Crippen molar-refractivity contribution in [2.24, 2.45) is 29.1 Å². The summed E-state index contributed by atoms with van der Waals surface area (Å²) >= 11 is 1.54. The van der Waals surface area contributed by atoms with Gasteiger partial charge in [-0.1, -0.05) is 24.6 Å². The van der Waals surface area contributed by atoms with E-state index >= 15 is 0 Å². The van der Waals surface area contributed by atoms with Gasteiger partial charge in [-0.05, 0) is 92.9 Å². The van der Waals surface area contributed by atoms with E-state index in [0.717, 1.165) is 23.3 Å². The fourth-order valence-corrected chi connectivity index (χ4v) is 10.1. The second-order valence-corrected chi connectivity index (χ2v) is 12.4. The van der Waals surface area contributed by atoms with Crippen molar-refractivity contribution in [3.05, 3.63) is 29.8 Å². The summed E-state index contributed by atoms with van der Waals surface area (Å²) in [4.78, 5) is 0.494. The Hall–Kier alpha value is -0.480. The van der Waals surface area contributed by atoms with Crippen molar-refractivity contribution in [3.8, 4) is 0 Å². The third kappa shape index (κ3) is 2.97. The molecule has 4 aliphatic carbocycles. The smallest absolute Gasteiger partial charge is 0.190 e. The maximum atomic E-state index is 13.4. The zero-order valence-corrected chi connectivity index (χ0v) is 17.2. The molecule has 0 N–H and O–H groups in total. The first-order chi connectivity index (χ1) is 11.8. The number of hydrogen-bond acceptors (Lipinski definition) is 3. The fourth-order valence-electron chi connectivity index (χ4n) is 6.49. The van der Waals surface area contributed by atoms with Crippen LogP contribution in [0.15, 0.2) is 29.2 Å². The Kier molecular flexibility index (Phi) is 4.51. The number of hydrogen-bond donors (Lipinski definition) is 0. The molecule has 0 amide bonds. The zero-order chi connectivity index (χ0) is 17.8. The highest BCUT2D eigenvalue weighted by molar-refractivity contribution is 8.13. The number of benzene rings is 1. The summed E-state index contributed by atoms with van der Waals surface area (Å²) in [5.74, 6) is 2.80. The Balaban J connectivity index is 1.65. The van der Waals surface area contributed by atoms with Crippen molar-refractivity contribution in [2.45, 2.75) is 61.8 Å². The molecular weight excluding hydrogens is 348 g/mol. The first kappa shape index (κ1) is 17.9. The first-order valence-corrected chi connectivity index (χ1v) is 12.5. The molecule has 0 aromatic heterocycles. The minimum absolute atomic E-state index is 0.224. The quantitative estimate of drug-likeness (QED) is 0.696. The lowest BCUT2D eigenvalue weighted by molar-refractivity contribution is -0.0797. The lowest BCUT2D eigenvalue weighted by Gasteiger charge is -2.60. The Morgan fingerprint density at radius 1 is 1.00 bits per heavy atom. The molecule has 5 rings (SSSR count). The number of rotatable bonds is 5. The van der Waals surface area contributed by atoms with Gasteiger partial charge in [-0.15, -0.1) is 11.8 Å². The SMILES string of the molecule is CS[C@@H]([C@H](C)C12CC3CC(CC(C3)C1)C2)S(=O)(=O)c1ccc(C)cc1. The molecule has 2 nitrogen and oxygen atoms in total. The van der Waals surface area contributed by atoms with Crippen LogP contribution >= 0.6 is 11.8 Å². The number of sulfone groups is 1. The van der Waals surface area contributed by atoms with Gasteiger partial charge in [0, 0.05) is 0 Å². The molecule has 4 aliphatic rings. The molecule has 4 fully saturated rings. The molecular formula is C21H30O2S2. The van der Waals surface area contributed by atoms with Crippen LogP contribution in [0.5, 0.6) is 0 Å². The van der Waals surface area contributed by atoms with Crippen molar-refractivity contribution in [2.75, 3.05) is 6.26 Å². The second-order valence-electron chi connectivity index (χ2n) is 9.03. The van der Waals surface area contributed by atoms with Crippen LogP contribution in [-0.4, -0.2) is 19.3 Å². The molecule has 0 spiro atoms. The molecule has 2 atom stereocenters. The van der Waals surface area contributed by atoms with E-state index < -0.39 is 9.84 Å². The highest BCUT2D eigenvalue weighted by Gasteiger charge is 2.55. The van der Waals surface area contributed by atoms with E-state index in [0.29, 0.717) is 4.90 Å². The fraction of sp³-hybridized carbons (Fsp3) is 0.714. The molecule has 0 heterocycles. The average Bonchev–Trinajstić information content (AvgIpc) is 2.54. The molecule has 0 unspecified atom stereocenters. The average molecular weight is 379 g/mol. The van der Waals surface area contributed by atoms with E-state index in [9.17, 15) is 8.42 Å². The van der Waals surface area contributed by atoms with Crippen LogP contribution in [0.4, 0.5) is 0 Å². The summed E-state index contributed by atoms with van der Waals surface area (Å²) in [6, 6.07) is 7.42.